The fourth-order valence-corrected chi connectivity index (χ4v) is 5.55. The lowest BCUT2D eigenvalue weighted by atomic mass is 9.77. The van der Waals surface area contributed by atoms with Crippen LogP contribution >= 0.6 is 0 Å². The van der Waals surface area contributed by atoms with Crippen LogP contribution in [0.1, 0.15) is 5.56 Å². The van der Waals surface area contributed by atoms with Crippen LogP contribution in [0, 0.1) is 11.8 Å². The van der Waals surface area contributed by atoms with Crippen molar-refractivity contribution in [2.75, 3.05) is 39.0 Å². The Morgan fingerprint density at radius 1 is 1.11 bits per heavy atom. The molecule has 2 aromatic carbocycles. The highest BCUT2D eigenvalue weighted by Gasteiger charge is 2.67. The Morgan fingerprint density at radius 3 is 2.77 bits per heavy atom. The first-order chi connectivity index (χ1) is 17.0. The zero-order valence-electron chi connectivity index (χ0n) is 19.5. The Labute approximate surface area is 202 Å². The third-order valence-electron chi connectivity index (χ3n) is 7.23. The van der Waals surface area contributed by atoms with Gasteiger partial charge >= 0.3 is 0 Å². The van der Waals surface area contributed by atoms with E-state index in [2.05, 4.69) is 5.32 Å². The van der Waals surface area contributed by atoms with E-state index in [-0.39, 0.29) is 18.6 Å². The molecule has 0 radical (unpaired) electrons. The predicted octanol–water partition coefficient (Wildman–Crippen LogP) is 2.08. The number of carbonyl (C=O) groups is 2. The standard InChI is InChI=1S/C26H26N2O7/c1-31-17-5-3-15(11-20(17)32-2)8-10-27-24(29)22-19-7-9-26(35-19)13-28(25(30)23(22)26)16-4-6-18-21(12-16)34-14-33-18/h3-7,9,11-12,19,22-23H,8,10,13-14H2,1-2H3,(H,27,29)/t19-,22-,23-,26+/m1/s1. The lowest BCUT2D eigenvalue weighted by Crippen LogP contribution is -2.44. The summed E-state index contributed by atoms with van der Waals surface area (Å²) in [5.74, 6) is 1.13. The predicted molar refractivity (Wildman–Crippen MR) is 125 cm³/mol. The number of hydrogen-bond acceptors (Lipinski definition) is 7. The second-order valence-electron chi connectivity index (χ2n) is 9.09. The van der Waals surface area contributed by atoms with E-state index in [1.54, 1.807) is 31.3 Å². The van der Waals surface area contributed by atoms with Crippen LogP contribution in [0.25, 0.3) is 0 Å². The van der Waals surface area contributed by atoms with Crippen molar-refractivity contribution in [1.29, 1.82) is 0 Å². The van der Waals surface area contributed by atoms with Gasteiger partial charge in [-0.05, 0) is 36.2 Å². The maximum atomic E-state index is 13.5. The Hall–Kier alpha value is -3.72. The van der Waals surface area contributed by atoms with Gasteiger partial charge in [0, 0.05) is 18.3 Å². The molecule has 2 saturated heterocycles. The van der Waals surface area contributed by atoms with Gasteiger partial charge in [-0.25, -0.2) is 0 Å². The van der Waals surface area contributed by atoms with Crippen LogP contribution < -0.4 is 29.2 Å². The first-order valence-corrected chi connectivity index (χ1v) is 11.6. The monoisotopic (exact) mass is 478 g/mol. The summed E-state index contributed by atoms with van der Waals surface area (Å²) in [5, 5.41) is 3.01. The largest absolute Gasteiger partial charge is 0.493 e. The summed E-state index contributed by atoms with van der Waals surface area (Å²) in [6.07, 6.45) is 4.07. The highest BCUT2D eigenvalue weighted by atomic mass is 16.7. The van der Waals surface area contributed by atoms with Gasteiger partial charge in [0.15, 0.2) is 23.0 Å². The van der Waals surface area contributed by atoms with Crippen LogP contribution in [-0.2, 0) is 20.7 Å². The van der Waals surface area contributed by atoms with Crippen molar-refractivity contribution in [3.8, 4) is 23.0 Å². The Bertz CT molecular complexity index is 1230. The second kappa shape index (κ2) is 8.20. The van der Waals surface area contributed by atoms with Crippen molar-refractivity contribution in [3.63, 3.8) is 0 Å². The normalized spacial score (nSPS) is 27.3. The lowest BCUT2D eigenvalue weighted by Gasteiger charge is -2.23. The molecule has 0 aromatic heterocycles. The number of methoxy groups -OCH3 is 2. The lowest BCUT2D eigenvalue weighted by molar-refractivity contribution is -0.131. The molecule has 35 heavy (non-hydrogen) atoms. The number of nitrogens with zero attached hydrogens (tertiary/aromatic N) is 1. The Morgan fingerprint density at radius 2 is 1.94 bits per heavy atom. The zero-order valence-corrected chi connectivity index (χ0v) is 19.5. The number of fused-ring (bicyclic) bond motifs is 2. The van der Waals surface area contributed by atoms with Crippen LogP contribution in [0.3, 0.4) is 0 Å². The second-order valence-corrected chi connectivity index (χ2v) is 9.09. The summed E-state index contributed by atoms with van der Waals surface area (Å²) >= 11 is 0. The molecule has 182 valence electrons. The number of amides is 2. The van der Waals surface area contributed by atoms with E-state index in [9.17, 15) is 9.59 Å². The van der Waals surface area contributed by atoms with Crippen molar-refractivity contribution in [2.45, 2.75) is 18.1 Å². The minimum absolute atomic E-state index is 0.115. The molecule has 6 rings (SSSR count). The van der Waals surface area contributed by atoms with E-state index >= 15 is 0 Å². The average Bonchev–Trinajstić information content (AvgIpc) is 3.64. The number of benzene rings is 2. The number of carbonyl (C=O) groups excluding carboxylic acids is 2. The maximum absolute atomic E-state index is 13.5. The summed E-state index contributed by atoms with van der Waals surface area (Å²) in [5.41, 5.74) is 0.925. The minimum atomic E-state index is -0.788. The molecular formula is C26H26N2O7. The summed E-state index contributed by atoms with van der Waals surface area (Å²) < 4.78 is 27.7. The molecule has 2 bridgehead atoms. The van der Waals surface area contributed by atoms with E-state index in [0.717, 1.165) is 5.56 Å². The van der Waals surface area contributed by atoms with Gasteiger partial charge in [-0.1, -0.05) is 18.2 Å². The summed E-state index contributed by atoms with van der Waals surface area (Å²) in [4.78, 5) is 28.5. The molecule has 4 atom stereocenters. The van der Waals surface area contributed by atoms with Gasteiger partial charge in [0.2, 0.25) is 18.6 Å². The molecule has 0 aliphatic carbocycles. The smallest absolute Gasteiger partial charge is 0.234 e. The number of nitrogens with one attached hydrogen (secondary N) is 1. The summed E-state index contributed by atoms with van der Waals surface area (Å²) in [7, 11) is 3.18. The number of hydrogen-bond donors (Lipinski definition) is 1. The number of ether oxygens (including phenoxy) is 5. The van der Waals surface area contributed by atoms with Crippen molar-refractivity contribution >= 4 is 17.5 Å². The first kappa shape index (κ1) is 21.8. The van der Waals surface area contributed by atoms with Gasteiger partial charge in [-0.2, -0.15) is 0 Å². The Balaban J connectivity index is 1.15. The quantitative estimate of drug-likeness (QED) is 0.609. The topological polar surface area (TPSA) is 95.6 Å². The van der Waals surface area contributed by atoms with Crippen LogP contribution in [0.2, 0.25) is 0 Å². The molecule has 2 amide bonds. The maximum Gasteiger partial charge on any atom is 0.234 e. The molecule has 1 N–H and O–H groups in total. The molecule has 2 aromatic rings. The van der Waals surface area contributed by atoms with E-state index in [0.29, 0.717) is 48.2 Å². The molecule has 9 heteroatoms. The third kappa shape index (κ3) is 3.41. The number of rotatable bonds is 7. The van der Waals surface area contributed by atoms with Crippen LogP contribution in [0.5, 0.6) is 23.0 Å². The number of anilines is 1. The van der Waals surface area contributed by atoms with Crippen LogP contribution in [0.4, 0.5) is 5.69 Å². The highest BCUT2D eigenvalue weighted by molar-refractivity contribution is 6.03. The molecule has 0 unspecified atom stereocenters. The van der Waals surface area contributed by atoms with Crippen LogP contribution in [0.15, 0.2) is 48.6 Å². The molecule has 4 aliphatic heterocycles. The first-order valence-electron chi connectivity index (χ1n) is 11.6. The van der Waals surface area contributed by atoms with Crippen molar-refractivity contribution in [1.82, 2.24) is 5.32 Å². The zero-order chi connectivity index (χ0) is 24.2. The fourth-order valence-electron chi connectivity index (χ4n) is 5.55. The summed E-state index contributed by atoms with van der Waals surface area (Å²) in [6.45, 7) is 0.956. The molecule has 4 aliphatic rings. The van der Waals surface area contributed by atoms with Gasteiger partial charge in [0.25, 0.3) is 0 Å². The van der Waals surface area contributed by atoms with Crippen LogP contribution in [-0.4, -0.2) is 57.6 Å². The average molecular weight is 479 g/mol. The Kier molecular flexibility index (Phi) is 5.10. The van der Waals surface area contributed by atoms with E-state index in [1.807, 2.05) is 36.4 Å². The van der Waals surface area contributed by atoms with Gasteiger partial charge in [-0.15, -0.1) is 0 Å². The van der Waals surface area contributed by atoms with E-state index < -0.39 is 23.5 Å². The molecule has 9 nitrogen and oxygen atoms in total. The van der Waals surface area contributed by atoms with Crippen molar-refractivity contribution in [2.24, 2.45) is 11.8 Å². The fraction of sp³-hybridized carbons (Fsp3) is 0.385. The van der Waals surface area contributed by atoms with Gasteiger partial charge in [-0.3, -0.25) is 9.59 Å². The highest BCUT2D eigenvalue weighted by Crippen LogP contribution is 2.53. The summed E-state index contributed by atoms with van der Waals surface area (Å²) in [6, 6.07) is 11.1. The van der Waals surface area contributed by atoms with Gasteiger partial charge in [0.05, 0.1) is 38.7 Å². The molecule has 4 heterocycles. The van der Waals surface area contributed by atoms with Gasteiger partial charge < -0.3 is 33.9 Å². The molecule has 1 spiro atoms. The van der Waals surface area contributed by atoms with Gasteiger partial charge in [0.1, 0.15) is 5.60 Å². The molecular weight excluding hydrogens is 452 g/mol. The van der Waals surface area contributed by atoms with Crippen molar-refractivity contribution < 1.29 is 33.3 Å². The third-order valence-corrected chi connectivity index (χ3v) is 7.23. The minimum Gasteiger partial charge on any atom is -0.493 e. The van der Waals surface area contributed by atoms with E-state index in [1.165, 1.54) is 0 Å². The molecule has 0 saturated carbocycles. The van der Waals surface area contributed by atoms with E-state index in [4.69, 9.17) is 23.7 Å². The SMILES string of the molecule is COc1ccc(CCNC(=O)[C@@H]2[C@H]3C=C[C@@]4(CN(c5ccc6c(c5)OCO6)C(=O)[C@@H]24)O3)cc1OC. The molecule has 2 fully saturated rings. The van der Waals surface area contributed by atoms with Crippen molar-refractivity contribution in [3.05, 3.63) is 54.1 Å².